The van der Waals surface area contributed by atoms with Crippen LogP contribution in [0.4, 0.5) is 0 Å². The first-order chi connectivity index (χ1) is 6.75. The van der Waals surface area contributed by atoms with Gasteiger partial charge >= 0.3 is 0 Å². The molecule has 0 rings (SSSR count). The van der Waals surface area contributed by atoms with Gasteiger partial charge in [-0.25, -0.2) is 0 Å². The number of hydrogen-bond donors (Lipinski definition) is 1. The molecule has 16 heavy (non-hydrogen) atoms. The standard InChI is InChI=1S/C14H31BO/c1-12(2,3)10(15-14(7,8)9)11(16)13(4,5)6/h10-11,15-16H,1-9H3. The van der Waals surface area contributed by atoms with E-state index in [-0.39, 0.29) is 22.2 Å². The molecule has 0 aliphatic carbocycles. The minimum atomic E-state index is -0.244. The molecule has 0 saturated carbocycles. The molecule has 1 nitrogen and oxygen atoms in total. The van der Waals surface area contributed by atoms with Gasteiger partial charge in [-0.15, -0.1) is 0 Å². The van der Waals surface area contributed by atoms with E-state index in [0.717, 1.165) is 7.28 Å². The summed E-state index contributed by atoms with van der Waals surface area (Å²) in [5.74, 6) is 0.340. The van der Waals surface area contributed by atoms with Crippen LogP contribution in [0.25, 0.3) is 0 Å². The van der Waals surface area contributed by atoms with Gasteiger partial charge in [0.05, 0.1) is 6.10 Å². The fourth-order valence-corrected chi connectivity index (χ4v) is 2.15. The number of rotatable bonds is 2. The third-order valence-electron chi connectivity index (χ3n) is 3.21. The van der Waals surface area contributed by atoms with Crippen LogP contribution in [0.5, 0.6) is 0 Å². The van der Waals surface area contributed by atoms with E-state index in [0.29, 0.717) is 5.82 Å². The molecule has 2 heteroatoms. The second-order valence-corrected chi connectivity index (χ2v) is 8.55. The molecule has 0 radical (unpaired) electrons. The lowest BCUT2D eigenvalue weighted by Crippen LogP contribution is -2.41. The monoisotopic (exact) mass is 226 g/mol. The SMILES string of the molecule is CC(C)(C)BC(C(O)C(C)(C)C)C(C)(C)C. The Bertz CT molecular complexity index is 214. The molecular weight excluding hydrogens is 195 g/mol. The van der Waals surface area contributed by atoms with Crippen LogP contribution >= 0.6 is 0 Å². The normalized spacial score (nSPS) is 18.1. The average Bonchev–Trinajstić information content (AvgIpc) is 1.93. The van der Waals surface area contributed by atoms with Gasteiger partial charge in [0.1, 0.15) is 7.28 Å². The van der Waals surface area contributed by atoms with Crippen molar-refractivity contribution in [1.82, 2.24) is 0 Å². The highest BCUT2D eigenvalue weighted by atomic mass is 16.3. The minimum Gasteiger partial charge on any atom is -0.393 e. The van der Waals surface area contributed by atoms with Gasteiger partial charge in [0.2, 0.25) is 0 Å². The first-order valence-corrected chi connectivity index (χ1v) is 6.43. The quantitative estimate of drug-likeness (QED) is 0.708. The zero-order chi connectivity index (χ0) is 13.4. The van der Waals surface area contributed by atoms with E-state index in [2.05, 4.69) is 62.3 Å². The maximum Gasteiger partial charge on any atom is 0.134 e. The largest absolute Gasteiger partial charge is 0.393 e. The summed E-state index contributed by atoms with van der Waals surface area (Å²) < 4.78 is 0. The second-order valence-electron chi connectivity index (χ2n) is 8.55. The molecule has 0 heterocycles. The molecule has 96 valence electrons. The Labute approximate surface area is 103 Å². The first-order valence-electron chi connectivity index (χ1n) is 6.43. The number of hydrogen-bond acceptors (Lipinski definition) is 1. The molecule has 0 aliphatic rings. The van der Waals surface area contributed by atoms with Crippen LogP contribution in [0.3, 0.4) is 0 Å². The summed E-state index contributed by atoms with van der Waals surface area (Å²) in [4.78, 5) is 0. The van der Waals surface area contributed by atoms with Crippen molar-refractivity contribution in [1.29, 1.82) is 0 Å². The van der Waals surface area contributed by atoms with Crippen LogP contribution < -0.4 is 0 Å². The summed E-state index contributed by atoms with van der Waals surface area (Å²) in [6, 6.07) is 0. The van der Waals surface area contributed by atoms with Crippen LogP contribution in [-0.4, -0.2) is 18.5 Å². The van der Waals surface area contributed by atoms with Crippen molar-refractivity contribution in [3.8, 4) is 0 Å². The lowest BCUT2D eigenvalue weighted by molar-refractivity contribution is 0.0277. The van der Waals surface area contributed by atoms with Crippen LogP contribution in [-0.2, 0) is 0 Å². The van der Waals surface area contributed by atoms with Crippen LogP contribution in [0.15, 0.2) is 0 Å². The maximum absolute atomic E-state index is 10.5. The van der Waals surface area contributed by atoms with Gasteiger partial charge in [0.15, 0.2) is 0 Å². The molecule has 0 aromatic heterocycles. The Hall–Kier alpha value is 0.0249. The lowest BCUT2D eigenvalue weighted by atomic mass is 9.40. The zero-order valence-electron chi connectivity index (χ0n) is 12.8. The van der Waals surface area contributed by atoms with Crippen LogP contribution in [0.2, 0.25) is 11.1 Å². The first kappa shape index (κ1) is 16.0. The van der Waals surface area contributed by atoms with Gasteiger partial charge in [-0.2, -0.15) is 0 Å². The lowest BCUT2D eigenvalue weighted by Gasteiger charge is -2.43. The van der Waals surface area contributed by atoms with Gasteiger partial charge in [0, 0.05) is 0 Å². The fourth-order valence-electron chi connectivity index (χ4n) is 2.15. The molecule has 1 N–H and O–H groups in total. The van der Waals surface area contributed by atoms with Crippen molar-refractivity contribution in [2.24, 2.45) is 10.8 Å². The van der Waals surface area contributed by atoms with Crippen molar-refractivity contribution in [2.45, 2.75) is 79.5 Å². The average molecular weight is 226 g/mol. The number of aliphatic hydroxyl groups excluding tert-OH is 1. The van der Waals surface area contributed by atoms with Gasteiger partial charge in [-0.05, 0) is 16.6 Å². The Morgan fingerprint density at radius 1 is 0.750 bits per heavy atom. The van der Waals surface area contributed by atoms with Gasteiger partial charge < -0.3 is 5.11 Å². The predicted octanol–water partition coefficient (Wildman–Crippen LogP) is 3.88. The molecule has 0 aromatic carbocycles. The second kappa shape index (κ2) is 4.72. The molecule has 0 saturated heterocycles. The fraction of sp³-hybridized carbons (Fsp3) is 1.00. The highest BCUT2D eigenvalue weighted by Crippen LogP contribution is 2.44. The van der Waals surface area contributed by atoms with Crippen molar-refractivity contribution in [3.63, 3.8) is 0 Å². The molecule has 2 unspecified atom stereocenters. The van der Waals surface area contributed by atoms with Crippen LogP contribution in [0.1, 0.15) is 62.3 Å². The molecule has 0 bridgehead atoms. The minimum absolute atomic E-state index is 0.0385. The highest BCUT2D eigenvalue weighted by Gasteiger charge is 2.40. The molecule has 0 fully saturated rings. The zero-order valence-corrected chi connectivity index (χ0v) is 12.8. The van der Waals surface area contributed by atoms with Crippen molar-refractivity contribution >= 4 is 7.28 Å². The Kier molecular flexibility index (Phi) is 4.73. The van der Waals surface area contributed by atoms with Gasteiger partial charge in [-0.1, -0.05) is 67.6 Å². The molecule has 2 atom stereocenters. The molecular formula is C14H31BO. The Morgan fingerprint density at radius 3 is 1.31 bits per heavy atom. The van der Waals surface area contributed by atoms with E-state index >= 15 is 0 Å². The number of aliphatic hydroxyl groups is 1. The Morgan fingerprint density at radius 2 is 1.12 bits per heavy atom. The van der Waals surface area contributed by atoms with E-state index in [1.54, 1.807) is 0 Å². The van der Waals surface area contributed by atoms with Gasteiger partial charge in [-0.3, -0.25) is 0 Å². The topological polar surface area (TPSA) is 20.2 Å². The summed E-state index contributed by atoms with van der Waals surface area (Å²) in [7, 11) is 1.06. The summed E-state index contributed by atoms with van der Waals surface area (Å²) in [5.41, 5.74) is 0.114. The Balaban J connectivity index is 4.98. The smallest absolute Gasteiger partial charge is 0.134 e. The summed E-state index contributed by atoms with van der Waals surface area (Å²) in [6.45, 7) is 19.8. The van der Waals surface area contributed by atoms with Crippen molar-refractivity contribution in [2.75, 3.05) is 0 Å². The molecule has 0 amide bonds. The predicted molar refractivity (Wildman–Crippen MR) is 75.5 cm³/mol. The summed E-state index contributed by atoms with van der Waals surface area (Å²) >= 11 is 0. The van der Waals surface area contributed by atoms with Crippen LogP contribution in [0, 0.1) is 10.8 Å². The van der Waals surface area contributed by atoms with E-state index in [4.69, 9.17) is 0 Å². The molecule has 0 aliphatic heterocycles. The molecule has 0 spiro atoms. The van der Waals surface area contributed by atoms with E-state index in [9.17, 15) is 5.11 Å². The van der Waals surface area contributed by atoms with E-state index in [1.807, 2.05) is 0 Å². The molecule has 0 aromatic rings. The van der Waals surface area contributed by atoms with E-state index in [1.165, 1.54) is 0 Å². The van der Waals surface area contributed by atoms with Crippen molar-refractivity contribution in [3.05, 3.63) is 0 Å². The third kappa shape index (κ3) is 5.38. The summed E-state index contributed by atoms with van der Waals surface area (Å²) in [6.07, 6.45) is -0.244. The third-order valence-corrected chi connectivity index (χ3v) is 3.21. The highest BCUT2D eigenvalue weighted by molar-refractivity contribution is 6.42. The summed E-state index contributed by atoms with van der Waals surface area (Å²) in [5, 5.41) is 10.8. The maximum atomic E-state index is 10.5. The van der Waals surface area contributed by atoms with E-state index < -0.39 is 0 Å². The van der Waals surface area contributed by atoms with Crippen molar-refractivity contribution < 1.29 is 5.11 Å². The van der Waals surface area contributed by atoms with Gasteiger partial charge in [0.25, 0.3) is 0 Å².